The highest BCUT2D eigenvalue weighted by atomic mass is 35.5. The minimum atomic E-state index is -0.972. The lowest BCUT2D eigenvalue weighted by atomic mass is 9.98. The van der Waals surface area contributed by atoms with E-state index in [1.807, 2.05) is 38.3 Å². The number of hydrogen-bond acceptors (Lipinski definition) is 6. The van der Waals surface area contributed by atoms with E-state index in [1.165, 1.54) is 16.2 Å². The number of anilines is 1. The largest absolute Gasteiger partial charge is 0.360 e. The van der Waals surface area contributed by atoms with E-state index in [2.05, 4.69) is 15.8 Å². The number of halogens is 1. The molecule has 0 spiro atoms. The van der Waals surface area contributed by atoms with E-state index in [0.29, 0.717) is 22.8 Å². The molecule has 0 aliphatic rings. The first-order valence-corrected chi connectivity index (χ1v) is 13.0. The van der Waals surface area contributed by atoms with Gasteiger partial charge in [0, 0.05) is 39.9 Å². The smallest absolute Gasteiger partial charge is 0.247 e. The lowest BCUT2D eigenvalue weighted by molar-refractivity contribution is -0.142. The maximum Gasteiger partial charge on any atom is 0.247 e. The summed E-state index contributed by atoms with van der Waals surface area (Å²) in [6.07, 6.45) is 0.525. The molecule has 192 valence electrons. The van der Waals surface area contributed by atoms with Gasteiger partial charge in [-0.15, -0.1) is 11.3 Å². The Morgan fingerprint density at radius 3 is 2.53 bits per heavy atom. The summed E-state index contributed by atoms with van der Waals surface area (Å²) in [5, 5.41) is 11.7. The van der Waals surface area contributed by atoms with Crippen LogP contribution in [0.1, 0.15) is 62.3 Å². The van der Waals surface area contributed by atoms with Crippen LogP contribution in [0.25, 0.3) is 0 Å². The highest BCUT2D eigenvalue weighted by molar-refractivity contribution is 7.09. The Balaban J connectivity index is 1.89. The Hall–Kier alpha value is -3.17. The summed E-state index contributed by atoms with van der Waals surface area (Å²) in [4.78, 5) is 42.1. The zero-order valence-electron chi connectivity index (χ0n) is 20.8. The van der Waals surface area contributed by atoms with Crippen molar-refractivity contribution < 1.29 is 18.9 Å². The molecule has 0 saturated heterocycles. The molecule has 1 unspecified atom stereocenters. The molecule has 36 heavy (non-hydrogen) atoms. The molecule has 0 bridgehead atoms. The van der Waals surface area contributed by atoms with Gasteiger partial charge in [0.05, 0.1) is 6.54 Å². The van der Waals surface area contributed by atoms with Crippen LogP contribution in [-0.2, 0) is 20.9 Å². The van der Waals surface area contributed by atoms with Gasteiger partial charge in [0.15, 0.2) is 5.82 Å². The molecule has 0 aliphatic heterocycles. The Labute approximate surface area is 220 Å². The van der Waals surface area contributed by atoms with Crippen LogP contribution in [0.2, 0.25) is 5.02 Å². The average Bonchev–Trinajstić information content (AvgIpc) is 3.49. The molecule has 2 N–H and O–H groups in total. The second-order valence-corrected chi connectivity index (χ2v) is 10.6. The first-order valence-electron chi connectivity index (χ1n) is 11.7. The molecule has 3 aromatic rings. The van der Waals surface area contributed by atoms with Crippen molar-refractivity contribution in [2.75, 3.05) is 5.32 Å². The van der Waals surface area contributed by atoms with E-state index in [0.717, 1.165) is 4.88 Å². The summed E-state index contributed by atoms with van der Waals surface area (Å²) in [5.74, 6) is -0.201. The molecule has 0 aliphatic carbocycles. The minimum Gasteiger partial charge on any atom is -0.360 e. The molecular weight excluding hydrogens is 500 g/mol. The fourth-order valence-electron chi connectivity index (χ4n) is 3.53. The fraction of sp³-hybridized carbons (Fsp3) is 0.385. The monoisotopic (exact) mass is 530 g/mol. The number of nitrogens with zero attached hydrogens (tertiary/aromatic N) is 2. The number of aromatic nitrogens is 1. The van der Waals surface area contributed by atoms with Gasteiger partial charge >= 0.3 is 0 Å². The van der Waals surface area contributed by atoms with Gasteiger partial charge in [-0.3, -0.25) is 14.4 Å². The number of carbonyl (C=O) groups is 3. The maximum absolute atomic E-state index is 13.7. The summed E-state index contributed by atoms with van der Waals surface area (Å²) < 4.78 is 4.96. The van der Waals surface area contributed by atoms with Gasteiger partial charge in [0.1, 0.15) is 11.8 Å². The number of hydrogen-bond donors (Lipinski definition) is 2. The molecule has 0 fully saturated rings. The summed E-state index contributed by atoms with van der Waals surface area (Å²) >= 11 is 8.01. The Morgan fingerprint density at radius 1 is 1.17 bits per heavy atom. The van der Waals surface area contributed by atoms with Crippen molar-refractivity contribution in [2.45, 2.75) is 65.1 Å². The van der Waals surface area contributed by atoms with Crippen LogP contribution in [0.15, 0.2) is 52.4 Å². The van der Waals surface area contributed by atoms with Crippen molar-refractivity contribution in [2.24, 2.45) is 0 Å². The number of rotatable bonds is 11. The second-order valence-electron chi connectivity index (χ2n) is 9.12. The number of carbonyl (C=O) groups excluding carboxylic acids is 3. The molecule has 2 heterocycles. The zero-order valence-corrected chi connectivity index (χ0v) is 22.4. The number of thiophene rings is 1. The number of nitrogens with one attached hydrogen (secondary N) is 2. The normalized spacial score (nSPS) is 12.1. The van der Waals surface area contributed by atoms with E-state index >= 15 is 0 Å². The second kappa shape index (κ2) is 12.2. The lowest BCUT2D eigenvalue weighted by Crippen LogP contribution is -2.50. The molecule has 2 aromatic heterocycles. The van der Waals surface area contributed by atoms with E-state index in [1.54, 1.807) is 37.3 Å². The molecule has 3 amide bonds. The standard InChI is InChI=1S/C26H31ClN4O4S/c1-5-26(3,4)29-25(34)24(19-10-6-7-11-20(19)27)31(16-18-9-8-14-36-18)23(33)13-12-22(32)28-21-15-17(2)35-30-21/h6-11,14-15,24H,5,12-13,16H2,1-4H3,(H,29,34)(H,28,30,32). The number of benzene rings is 1. The van der Waals surface area contributed by atoms with Crippen LogP contribution in [0.4, 0.5) is 5.82 Å². The van der Waals surface area contributed by atoms with E-state index in [4.69, 9.17) is 16.1 Å². The van der Waals surface area contributed by atoms with Gasteiger partial charge in [-0.25, -0.2) is 0 Å². The fourth-order valence-corrected chi connectivity index (χ4v) is 4.47. The van der Waals surface area contributed by atoms with Crippen molar-refractivity contribution in [3.05, 3.63) is 69.1 Å². The predicted molar refractivity (Wildman–Crippen MR) is 141 cm³/mol. The Morgan fingerprint density at radius 2 is 1.92 bits per heavy atom. The summed E-state index contributed by atoms with van der Waals surface area (Å²) in [6, 6.07) is 11.4. The molecule has 10 heteroatoms. The predicted octanol–water partition coefficient (Wildman–Crippen LogP) is 5.49. The lowest BCUT2D eigenvalue weighted by Gasteiger charge is -2.34. The average molecular weight is 531 g/mol. The molecule has 3 rings (SSSR count). The quantitative estimate of drug-likeness (QED) is 0.341. The first kappa shape index (κ1) is 27.4. The van der Waals surface area contributed by atoms with Crippen molar-refractivity contribution >= 4 is 46.5 Å². The van der Waals surface area contributed by atoms with E-state index in [9.17, 15) is 14.4 Å². The van der Waals surface area contributed by atoms with Crippen LogP contribution < -0.4 is 10.6 Å². The summed E-state index contributed by atoms with van der Waals surface area (Å²) in [5.41, 5.74) is 0.0418. The molecular formula is C26H31ClN4O4S. The van der Waals surface area contributed by atoms with Gasteiger partial charge in [-0.1, -0.05) is 47.9 Å². The van der Waals surface area contributed by atoms with Crippen molar-refractivity contribution in [1.29, 1.82) is 0 Å². The number of amides is 3. The zero-order chi connectivity index (χ0) is 26.3. The Kier molecular flexibility index (Phi) is 9.28. The van der Waals surface area contributed by atoms with Gasteiger partial charge in [0.25, 0.3) is 0 Å². The molecule has 0 saturated carbocycles. The highest BCUT2D eigenvalue weighted by Gasteiger charge is 2.35. The third-order valence-electron chi connectivity index (χ3n) is 5.79. The van der Waals surface area contributed by atoms with Gasteiger partial charge in [-0.05, 0) is 44.7 Å². The van der Waals surface area contributed by atoms with Crippen molar-refractivity contribution in [1.82, 2.24) is 15.4 Å². The molecule has 0 radical (unpaired) electrons. The van der Waals surface area contributed by atoms with Crippen LogP contribution in [0, 0.1) is 6.92 Å². The topological polar surface area (TPSA) is 105 Å². The van der Waals surface area contributed by atoms with Crippen LogP contribution in [0.5, 0.6) is 0 Å². The SMILES string of the molecule is CCC(C)(C)NC(=O)C(c1ccccc1Cl)N(Cc1cccs1)C(=O)CCC(=O)Nc1cc(C)on1. The van der Waals surface area contributed by atoms with Crippen LogP contribution in [0.3, 0.4) is 0 Å². The molecule has 1 atom stereocenters. The highest BCUT2D eigenvalue weighted by Crippen LogP contribution is 2.31. The number of aryl methyl sites for hydroxylation is 1. The molecule has 1 aromatic carbocycles. The van der Waals surface area contributed by atoms with Gasteiger partial charge in [0.2, 0.25) is 17.7 Å². The summed E-state index contributed by atoms with van der Waals surface area (Å²) in [6.45, 7) is 7.76. The summed E-state index contributed by atoms with van der Waals surface area (Å²) in [7, 11) is 0. The van der Waals surface area contributed by atoms with E-state index < -0.39 is 11.6 Å². The third kappa shape index (κ3) is 7.41. The van der Waals surface area contributed by atoms with Crippen molar-refractivity contribution in [3.8, 4) is 0 Å². The minimum absolute atomic E-state index is 0.0804. The van der Waals surface area contributed by atoms with Crippen LogP contribution in [-0.4, -0.2) is 33.3 Å². The maximum atomic E-state index is 13.7. The molecule has 8 nitrogen and oxygen atoms in total. The van der Waals surface area contributed by atoms with Gasteiger partial charge in [-0.2, -0.15) is 0 Å². The van der Waals surface area contributed by atoms with Gasteiger partial charge < -0.3 is 20.1 Å². The Bertz CT molecular complexity index is 1190. The van der Waals surface area contributed by atoms with E-state index in [-0.39, 0.29) is 42.9 Å². The third-order valence-corrected chi connectivity index (χ3v) is 7.00. The van der Waals surface area contributed by atoms with Crippen molar-refractivity contribution in [3.63, 3.8) is 0 Å². The van der Waals surface area contributed by atoms with Crippen LogP contribution >= 0.6 is 22.9 Å². The first-order chi connectivity index (χ1) is 17.1.